The molecule has 0 atom stereocenters. The molecule has 0 aliphatic carbocycles. The van der Waals surface area contributed by atoms with Gasteiger partial charge in [-0.1, -0.05) is 17.7 Å². The van der Waals surface area contributed by atoms with Gasteiger partial charge in [0.1, 0.15) is 0 Å². The highest BCUT2D eigenvalue weighted by Crippen LogP contribution is 2.32. The Morgan fingerprint density at radius 1 is 1.08 bits per heavy atom. The highest BCUT2D eigenvalue weighted by molar-refractivity contribution is 9.10. The molecular formula is C18H15BrN4O2S. The molecule has 0 saturated carbocycles. The van der Waals surface area contributed by atoms with Crippen LogP contribution in [0.15, 0.2) is 64.6 Å². The molecule has 8 heteroatoms. The van der Waals surface area contributed by atoms with Gasteiger partial charge in [0.05, 0.1) is 16.8 Å². The number of aryl methyl sites for hydroxylation is 1. The van der Waals surface area contributed by atoms with E-state index in [-0.39, 0.29) is 4.90 Å². The van der Waals surface area contributed by atoms with E-state index in [9.17, 15) is 8.42 Å². The molecule has 4 rings (SSSR count). The van der Waals surface area contributed by atoms with Crippen LogP contribution in [0.3, 0.4) is 0 Å². The number of aromatic nitrogens is 4. The van der Waals surface area contributed by atoms with Crippen molar-refractivity contribution in [2.24, 2.45) is 7.05 Å². The quantitative estimate of drug-likeness (QED) is 0.496. The van der Waals surface area contributed by atoms with Gasteiger partial charge in [-0.15, -0.1) is 0 Å². The van der Waals surface area contributed by atoms with Gasteiger partial charge in [-0.25, -0.2) is 22.4 Å². The molecule has 0 aliphatic rings. The number of hydrogen-bond donors (Lipinski definition) is 0. The Bertz CT molecular complexity index is 1220. The normalized spacial score (nSPS) is 12.0. The van der Waals surface area contributed by atoms with E-state index in [0.717, 1.165) is 22.2 Å². The van der Waals surface area contributed by atoms with E-state index < -0.39 is 10.0 Å². The van der Waals surface area contributed by atoms with Crippen LogP contribution >= 0.6 is 15.9 Å². The fourth-order valence-electron chi connectivity index (χ4n) is 2.88. The summed E-state index contributed by atoms with van der Waals surface area (Å²) in [6.07, 6.45) is 4.90. The third kappa shape index (κ3) is 2.57. The summed E-state index contributed by atoms with van der Waals surface area (Å²) in [6, 6.07) is 10.4. The SMILES string of the molecule is Cc1ccc(S(=O)(=O)n2cc(-c3cnc(Br)n3C)c3cccnc32)cc1. The Labute approximate surface area is 159 Å². The van der Waals surface area contributed by atoms with Crippen molar-refractivity contribution in [1.82, 2.24) is 18.5 Å². The number of imidazole rings is 1. The summed E-state index contributed by atoms with van der Waals surface area (Å²) < 4.78 is 30.1. The monoisotopic (exact) mass is 430 g/mol. The lowest BCUT2D eigenvalue weighted by molar-refractivity contribution is 0.589. The molecule has 0 unspecified atom stereocenters. The Morgan fingerprint density at radius 2 is 1.81 bits per heavy atom. The van der Waals surface area contributed by atoms with E-state index in [1.807, 2.05) is 24.6 Å². The zero-order chi connectivity index (χ0) is 18.5. The number of nitrogens with zero attached hydrogens (tertiary/aromatic N) is 4. The van der Waals surface area contributed by atoms with Crippen molar-refractivity contribution < 1.29 is 8.42 Å². The van der Waals surface area contributed by atoms with E-state index in [1.54, 1.807) is 48.9 Å². The third-order valence-corrected chi connectivity index (χ3v) is 6.72. The first-order valence-electron chi connectivity index (χ1n) is 7.85. The molecule has 0 amide bonds. The molecule has 0 radical (unpaired) electrons. The van der Waals surface area contributed by atoms with E-state index in [1.165, 1.54) is 3.97 Å². The zero-order valence-corrected chi connectivity index (χ0v) is 16.5. The van der Waals surface area contributed by atoms with Gasteiger partial charge in [0.25, 0.3) is 10.0 Å². The van der Waals surface area contributed by atoms with Crippen molar-refractivity contribution in [2.45, 2.75) is 11.8 Å². The number of pyridine rings is 1. The van der Waals surface area contributed by atoms with Crippen molar-refractivity contribution >= 4 is 37.0 Å². The van der Waals surface area contributed by atoms with Gasteiger partial charge in [-0.3, -0.25) is 0 Å². The van der Waals surface area contributed by atoms with E-state index in [2.05, 4.69) is 25.9 Å². The highest BCUT2D eigenvalue weighted by Gasteiger charge is 2.23. The van der Waals surface area contributed by atoms with Crippen LogP contribution < -0.4 is 0 Å². The molecule has 0 spiro atoms. The van der Waals surface area contributed by atoms with Crippen LogP contribution in [0.2, 0.25) is 0 Å². The summed E-state index contributed by atoms with van der Waals surface area (Å²) in [5.41, 5.74) is 2.94. The van der Waals surface area contributed by atoms with Crippen LogP contribution in [0, 0.1) is 6.92 Å². The number of halogens is 1. The smallest absolute Gasteiger partial charge is 0.269 e. The second kappa shape index (κ2) is 6.07. The standard InChI is InChI=1S/C18H15BrN4O2S/c1-12-5-7-13(8-6-12)26(24,25)23-11-15(14-4-3-9-20-17(14)23)16-10-21-18(19)22(16)2/h3-11H,1-2H3. The maximum atomic E-state index is 13.2. The van der Waals surface area contributed by atoms with Crippen molar-refractivity contribution in [3.8, 4) is 11.3 Å². The van der Waals surface area contributed by atoms with Gasteiger partial charge in [-0.2, -0.15) is 0 Å². The molecular weight excluding hydrogens is 416 g/mol. The first-order valence-corrected chi connectivity index (χ1v) is 10.1. The summed E-state index contributed by atoms with van der Waals surface area (Å²) in [7, 11) is -1.90. The number of rotatable bonds is 3. The van der Waals surface area contributed by atoms with Crippen LogP contribution in [0.1, 0.15) is 5.56 Å². The minimum atomic E-state index is -3.76. The maximum Gasteiger partial charge on any atom is 0.269 e. The molecule has 0 aliphatic heterocycles. The molecule has 3 heterocycles. The summed E-state index contributed by atoms with van der Waals surface area (Å²) in [4.78, 5) is 8.78. The molecule has 0 saturated heterocycles. The average molecular weight is 431 g/mol. The van der Waals surface area contributed by atoms with Crippen LogP contribution in [-0.4, -0.2) is 26.9 Å². The zero-order valence-electron chi connectivity index (χ0n) is 14.1. The second-order valence-electron chi connectivity index (χ2n) is 6.00. The Morgan fingerprint density at radius 3 is 2.46 bits per heavy atom. The van der Waals surface area contributed by atoms with Gasteiger partial charge in [-0.05, 0) is 47.1 Å². The predicted molar refractivity (Wildman–Crippen MR) is 103 cm³/mol. The van der Waals surface area contributed by atoms with E-state index >= 15 is 0 Å². The molecule has 4 aromatic rings. The van der Waals surface area contributed by atoms with Crippen LogP contribution in [0.4, 0.5) is 0 Å². The Balaban J connectivity index is 2.00. The van der Waals surface area contributed by atoms with E-state index in [0.29, 0.717) is 10.4 Å². The molecule has 26 heavy (non-hydrogen) atoms. The number of fused-ring (bicyclic) bond motifs is 1. The molecule has 3 aromatic heterocycles. The lowest BCUT2D eigenvalue weighted by Crippen LogP contribution is -2.12. The fourth-order valence-corrected chi connectivity index (χ4v) is 4.50. The summed E-state index contributed by atoms with van der Waals surface area (Å²) in [6.45, 7) is 1.92. The van der Waals surface area contributed by atoms with Gasteiger partial charge in [0.15, 0.2) is 10.4 Å². The van der Waals surface area contributed by atoms with Gasteiger partial charge < -0.3 is 4.57 Å². The second-order valence-corrected chi connectivity index (χ2v) is 8.53. The topological polar surface area (TPSA) is 69.8 Å². The average Bonchev–Trinajstić information content (AvgIpc) is 3.17. The summed E-state index contributed by atoms with van der Waals surface area (Å²) in [5.74, 6) is 0. The minimum absolute atomic E-state index is 0.225. The van der Waals surface area contributed by atoms with Crippen LogP contribution in [0.25, 0.3) is 22.3 Å². The minimum Gasteiger partial charge on any atom is -0.322 e. The highest BCUT2D eigenvalue weighted by atomic mass is 79.9. The Kier molecular flexibility index (Phi) is 3.96. The van der Waals surface area contributed by atoms with Gasteiger partial charge in [0.2, 0.25) is 0 Å². The molecule has 0 N–H and O–H groups in total. The van der Waals surface area contributed by atoms with Gasteiger partial charge in [0, 0.05) is 30.4 Å². The molecule has 132 valence electrons. The van der Waals surface area contributed by atoms with Crippen molar-refractivity contribution in [2.75, 3.05) is 0 Å². The maximum absolute atomic E-state index is 13.2. The molecule has 0 bridgehead atoms. The fraction of sp³-hybridized carbons (Fsp3) is 0.111. The molecule has 6 nitrogen and oxygen atoms in total. The first kappa shape index (κ1) is 17.0. The van der Waals surface area contributed by atoms with Crippen molar-refractivity contribution in [3.63, 3.8) is 0 Å². The lowest BCUT2D eigenvalue weighted by atomic mass is 10.2. The first-order chi connectivity index (χ1) is 12.4. The van der Waals surface area contributed by atoms with E-state index in [4.69, 9.17) is 0 Å². The number of hydrogen-bond acceptors (Lipinski definition) is 4. The summed E-state index contributed by atoms with van der Waals surface area (Å²) in [5, 5.41) is 0.749. The van der Waals surface area contributed by atoms with Crippen molar-refractivity contribution in [3.05, 3.63) is 65.3 Å². The lowest BCUT2D eigenvalue weighted by Gasteiger charge is -2.07. The Hall–Kier alpha value is -2.45. The summed E-state index contributed by atoms with van der Waals surface area (Å²) >= 11 is 3.38. The third-order valence-electron chi connectivity index (χ3n) is 4.32. The molecule has 1 aromatic carbocycles. The van der Waals surface area contributed by atoms with Crippen LogP contribution in [0.5, 0.6) is 0 Å². The van der Waals surface area contributed by atoms with Crippen LogP contribution in [-0.2, 0) is 17.1 Å². The molecule has 0 fully saturated rings. The van der Waals surface area contributed by atoms with Crippen molar-refractivity contribution in [1.29, 1.82) is 0 Å². The van der Waals surface area contributed by atoms with Gasteiger partial charge >= 0.3 is 0 Å². The number of benzene rings is 1. The predicted octanol–water partition coefficient (Wildman–Crippen LogP) is 3.74. The largest absolute Gasteiger partial charge is 0.322 e.